The molecule has 0 bridgehead atoms. The highest BCUT2D eigenvalue weighted by Gasteiger charge is 2.31. The summed E-state index contributed by atoms with van der Waals surface area (Å²) >= 11 is 0. The third kappa shape index (κ3) is 2.91. The molecular weight excluding hydrogens is 220 g/mol. The first-order valence-electron chi connectivity index (χ1n) is 8.31. The van der Waals surface area contributed by atoms with Crippen LogP contribution < -0.4 is 0 Å². The number of likely N-dealkylation sites (tertiary alicyclic amines) is 2. The van der Waals surface area contributed by atoms with Gasteiger partial charge in [0.25, 0.3) is 0 Å². The van der Waals surface area contributed by atoms with Crippen LogP contribution >= 0.6 is 0 Å². The molecule has 0 spiro atoms. The summed E-state index contributed by atoms with van der Waals surface area (Å²) in [7, 11) is 0. The zero-order valence-corrected chi connectivity index (χ0v) is 12.1. The third-order valence-electron chi connectivity index (χ3n) is 5.59. The van der Waals surface area contributed by atoms with Gasteiger partial charge in [-0.25, -0.2) is 0 Å². The normalized spacial score (nSPS) is 37.2. The van der Waals surface area contributed by atoms with Crippen molar-refractivity contribution in [3.63, 3.8) is 0 Å². The first-order chi connectivity index (χ1) is 8.83. The van der Waals surface area contributed by atoms with Crippen LogP contribution in [0, 0.1) is 5.92 Å². The molecule has 2 heterocycles. The molecule has 0 aromatic rings. The van der Waals surface area contributed by atoms with E-state index in [1.165, 1.54) is 77.5 Å². The number of hydrogen-bond acceptors (Lipinski definition) is 2. The van der Waals surface area contributed by atoms with Gasteiger partial charge in [-0.15, -0.1) is 0 Å². The number of rotatable bonds is 2. The maximum absolute atomic E-state index is 2.81. The van der Waals surface area contributed by atoms with Crippen molar-refractivity contribution in [2.24, 2.45) is 5.92 Å². The minimum Gasteiger partial charge on any atom is -0.300 e. The highest BCUT2D eigenvalue weighted by atomic mass is 15.2. The fourth-order valence-corrected chi connectivity index (χ4v) is 4.41. The monoisotopic (exact) mass is 250 g/mol. The minimum atomic E-state index is 0.917. The number of piperidine rings is 2. The number of hydrogen-bond donors (Lipinski definition) is 0. The van der Waals surface area contributed by atoms with E-state index in [0.29, 0.717) is 0 Å². The Balaban J connectivity index is 1.45. The van der Waals surface area contributed by atoms with Gasteiger partial charge < -0.3 is 9.80 Å². The molecule has 2 nitrogen and oxygen atoms in total. The van der Waals surface area contributed by atoms with Crippen molar-refractivity contribution in [1.82, 2.24) is 9.80 Å². The number of nitrogens with zero attached hydrogens (tertiary/aromatic N) is 2. The van der Waals surface area contributed by atoms with Crippen LogP contribution in [0.25, 0.3) is 0 Å². The molecule has 3 rings (SSSR count). The largest absolute Gasteiger partial charge is 0.300 e. The van der Waals surface area contributed by atoms with Crippen LogP contribution in [0.2, 0.25) is 0 Å². The third-order valence-corrected chi connectivity index (χ3v) is 5.59. The highest BCUT2D eigenvalue weighted by Crippen LogP contribution is 2.31. The van der Waals surface area contributed by atoms with Gasteiger partial charge in [0.05, 0.1) is 0 Å². The Hall–Kier alpha value is -0.0800. The molecule has 0 aromatic heterocycles. The van der Waals surface area contributed by atoms with Gasteiger partial charge in [-0.1, -0.05) is 13.3 Å². The second-order valence-corrected chi connectivity index (χ2v) is 6.94. The molecule has 1 aliphatic carbocycles. The van der Waals surface area contributed by atoms with Gasteiger partial charge in [0.15, 0.2) is 0 Å². The van der Waals surface area contributed by atoms with Crippen molar-refractivity contribution in [1.29, 1.82) is 0 Å². The Morgan fingerprint density at radius 2 is 1.33 bits per heavy atom. The predicted octanol–water partition coefficient (Wildman–Crippen LogP) is 3.13. The minimum absolute atomic E-state index is 0.917. The molecular formula is C16H30N2. The molecule has 0 aromatic carbocycles. The molecule has 18 heavy (non-hydrogen) atoms. The van der Waals surface area contributed by atoms with E-state index >= 15 is 0 Å². The summed E-state index contributed by atoms with van der Waals surface area (Å²) in [5, 5.41) is 0. The zero-order chi connectivity index (χ0) is 12.4. The summed E-state index contributed by atoms with van der Waals surface area (Å²) in [5.74, 6) is 0.981. The van der Waals surface area contributed by atoms with Crippen LogP contribution in [0.4, 0.5) is 0 Å². The predicted molar refractivity (Wildman–Crippen MR) is 76.8 cm³/mol. The van der Waals surface area contributed by atoms with E-state index in [1.54, 1.807) is 0 Å². The summed E-state index contributed by atoms with van der Waals surface area (Å²) in [6.07, 6.45) is 11.6. The van der Waals surface area contributed by atoms with Gasteiger partial charge in [-0.3, -0.25) is 0 Å². The van der Waals surface area contributed by atoms with Crippen molar-refractivity contribution in [3.05, 3.63) is 0 Å². The van der Waals surface area contributed by atoms with Gasteiger partial charge in [-0.05, 0) is 77.0 Å². The van der Waals surface area contributed by atoms with Gasteiger partial charge in [0.1, 0.15) is 0 Å². The fraction of sp³-hybridized carbons (Fsp3) is 1.00. The summed E-state index contributed by atoms with van der Waals surface area (Å²) in [4.78, 5) is 5.60. The summed E-state index contributed by atoms with van der Waals surface area (Å²) in [6.45, 7) is 7.94. The van der Waals surface area contributed by atoms with E-state index in [0.717, 1.165) is 18.0 Å². The second-order valence-electron chi connectivity index (χ2n) is 6.94. The van der Waals surface area contributed by atoms with Crippen LogP contribution in [-0.2, 0) is 0 Å². The molecule has 2 atom stereocenters. The molecule has 2 aliphatic heterocycles. The van der Waals surface area contributed by atoms with E-state index in [9.17, 15) is 0 Å². The van der Waals surface area contributed by atoms with Gasteiger partial charge in [-0.2, -0.15) is 0 Å². The molecule has 2 saturated heterocycles. The van der Waals surface area contributed by atoms with Gasteiger partial charge in [0.2, 0.25) is 0 Å². The average Bonchev–Trinajstić information content (AvgIpc) is 2.87. The summed E-state index contributed by atoms with van der Waals surface area (Å²) in [6, 6.07) is 1.85. The molecule has 104 valence electrons. The quantitative estimate of drug-likeness (QED) is 0.743. The van der Waals surface area contributed by atoms with Crippen LogP contribution in [0.15, 0.2) is 0 Å². The van der Waals surface area contributed by atoms with Crippen molar-refractivity contribution in [3.8, 4) is 0 Å². The van der Waals surface area contributed by atoms with E-state index in [2.05, 4.69) is 16.7 Å². The smallest absolute Gasteiger partial charge is 0.0120 e. The van der Waals surface area contributed by atoms with Gasteiger partial charge >= 0.3 is 0 Å². The molecule has 0 radical (unpaired) electrons. The SMILES string of the molecule is CC1CCC(N2CCC(N3CCCCC3)CC2)C1. The Kier molecular flexibility index (Phi) is 4.25. The average molecular weight is 250 g/mol. The van der Waals surface area contributed by atoms with Crippen LogP contribution in [-0.4, -0.2) is 48.1 Å². The summed E-state index contributed by atoms with van der Waals surface area (Å²) < 4.78 is 0. The first kappa shape index (κ1) is 12.9. The second kappa shape index (κ2) is 5.92. The van der Waals surface area contributed by atoms with Gasteiger partial charge in [0, 0.05) is 12.1 Å². The summed E-state index contributed by atoms with van der Waals surface area (Å²) in [5.41, 5.74) is 0. The van der Waals surface area contributed by atoms with E-state index in [1.807, 2.05) is 0 Å². The maximum Gasteiger partial charge on any atom is 0.0120 e. The van der Waals surface area contributed by atoms with E-state index in [-0.39, 0.29) is 0 Å². The van der Waals surface area contributed by atoms with E-state index in [4.69, 9.17) is 0 Å². The zero-order valence-electron chi connectivity index (χ0n) is 12.1. The topological polar surface area (TPSA) is 6.48 Å². The van der Waals surface area contributed by atoms with Crippen LogP contribution in [0.5, 0.6) is 0 Å². The van der Waals surface area contributed by atoms with Crippen LogP contribution in [0.3, 0.4) is 0 Å². The standard InChI is InChI=1S/C16H30N2/c1-14-5-6-16(13-14)18-11-7-15(8-12-18)17-9-3-2-4-10-17/h14-16H,2-13H2,1H3. The first-order valence-corrected chi connectivity index (χ1v) is 8.31. The lowest BCUT2D eigenvalue weighted by atomic mass is 9.98. The Morgan fingerprint density at radius 1 is 0.667 bits per heavy atom. The Bertz CT molecular complexity index is 239. The van der Waals surface area contributed by atoms with Crippen molar-refractivity contribution >= 4 is 0 Å². The van der Waals surface area contributed by atoms with Crippen LogP contribution in [0.1, 0.15) is 58.3 Å². The van der Waals surface area contributed by atoms with Crippen molar-refractivity contribution in [2.75, 3.05) is 26.2 Å². The van der Waals surface area contributed by atoms with Crippen molar-refractivity contribution < 1.29 is 0 Å². The molecule has 3 fully saturated rings. The lowest BCUT2D eigenvalue weighted by molar-refractivity contribution is 0.0726. The molecule has 1 saturated carbocycles. The fourth-order valence-electron chi connectivity index (χ4n) is 4.41. The van der Waals surface area contributed by atoms with Crippen molar-refractivity contribution in [2.45, 2.75) is 70.4 Å². The lowest BCUT2D eigenvalue weighted by Gasteiger charge is -2.42. The maximum atomic E-state index is 2.81. The Labute approximate surface area is 113 Å². The van der Waals surface area contributed by atoms with E-state index < -0.39 is 0 Å². The molecule has 0 N–H and O–H groups in total. The lowest BCUT2D eigenvalue weighted by Crippen LogP contribution is -2.48. The molecule has 2 heteroatoms. The molecule has 2 unspecified atom stereocenters. The Morgan fingerprint density at radius 3 is 1.94 bits per heavy atom. The highest BCUT2D eigenvalue weighted by molar-refractivity contribution is 4.87. The molecule has 0 amide bonds. The molecule has 3 aliphatic rings.